The van der Waals surface area contributed by atoms with Crippen LogP contribution in [0.4, 0.5) is 0 Å². The van der Waals surface area contributed by atoms with Gasteiger partial charge in [-0.1, -0.05) is 0 Å². The number of carbonyl (C=O) groups is 1. The van der Waals surface area contributed by atoms with Gasteiger partial charge in [0.05, 0.1) is 18.1 Å². The van der Waals surface area contributed by atoms with Crippen molar-refractivity contribution in [3.63, 3.8) is 0 Å². The SMILES string of the molecule is CC(C)OC1CCC(C(=O)OC(C)(C)C)C1. The maximum Gasteiger partial charge on any atom is 0.309 e. The van der Waals surface area contributed by atoms with Crippen molar-refractivity contribution in [3.8, 4) is 0 Å². The lowest BCUT2D eigenvalue weighted by Gasteiger charge is -2.22. The van der Waals surface area contributed by atoms with Crippen LogP contribution in [0.1, 0.15) is 53.9 Å². The van der Waals surface area contributed by atoms with Gasteiger partial charge in [0.15, 0.2) is 0 Å². The van der Waals surface area contributed by atoms with Crippen molar-refractivity contribution in [1.82, 2.24) is 0 Å². The van der Waals surface area contributed by atoms with Gasteiger partial charge in [-0.25, -0.2) is 0 Å². The largest absolute Gasteiger partial charge is 0.460 e. The van der Waals surface area contributed by atoms with E-state index in [1.54, 1.807) is 0 Å². The van der Waals surface area contributed by atoms with E-state index in [9.17, 15) is 4.79 Å². The van der Waals surface area contributed by atoms with Crippen LogP contribution in [-0.4, -0.2) is 23.8 Å². The molecule has 1 rings (SSSR count). The predicted octanol–water partition coefficient (Wildman–Crippen LogP) is 2.92. The quantitative estimate of drug-likeness (QED) is 0.697. The van der Waals surface area contributed by atoms with E-state index >= 15 is 0 Å². The second kappa shape index (κ2) is 5.17. The van der Waals surface area contributed by atoms with Gasteiger partial charge in [0, 0.05) is 0 Å². The fourth-order valence-electron chi connectivity index (χ4n) is 2.05. The average molecular weight is 228 g/mol. The molecule has 2 atom stereocenters. The summed E-state index contributed by atoms with van der Waals surface area (Å²) in [6.45, 7) is 9.77. The van der Waals surface area contributed by atoms with Crippen molar-refractivity contribution in [3.05, 3.63) is 0 Å². The van der Waals surface area contributed by atoms with Crippen LogP contribution in [0.2, 0.25) is 0 Å². The Morgan fingerprint density at radius 1 is 1.25 bits per heavy atom. The number of hydrogen-bond donors (Lipinski definition) is 0. The predicted molar refractivity (Wildman–Crippen MR) is 63.2 cm³/mol. The lowest BCUT2D eigenvalue weighted by molar-refractivity contribution is -0.160. The molecule has 0 aromatic rings. The molecule has 3 heteroatoms. The first-order valence-corrected chi connectivity index (χ1v) is 6.16. The molecule has 16 heavy (non-hydrogen) atoms. The summed E-state index contributed by atoms with van der Waals surface area (Å²) in [5.74, 6) is -0.0367. The fourth-order valence-corrected chi connectivity index (χ4v) is 2.05. The van der Waals surface area contributed by atoms with Crippen LogP contribution in [0.5, 0.6) is 0 Å². The maximum atomic E-state index is 11.8. The standard InChI is InChI=1S/C13H24O3/c1-9(2)15-11-7-6-10(8-11)12(14)16-13(3,4)5/h9-11H,6-8H2,1-5H3. The van der Waals surface area contributed by atoms with Gasteiger partial charge in [0.2, 0.25) is 0 Å². The molecule has 3 nitrogen and oxygen atoms in total. The van der Waals surface area contributed by atoms with E-state index in [-0.39, 0.29) is 29.7 Å². The Balaban J connectivity index is 2.38. The first-order valence-electron chi connectivity index (χ1n) is 6.16. The van der Waals surface area contributed by atoms with E-state index in [4.69, 9.17) is 9.47 Å². The van der Waals surface area contributed by atoms with Gasteiger partial charge in [-0.05, 0) is 53.9 Å². The molecule has 0 saturated heterocycles. The van der Waals surface area contributed by atoms with E-state index < -0.39 is 0 Å². The molecular weight excluding hydrogens is 204 g/mol. The molecule has 1 saturated carbocycles. The molecule has 94 valence electrons. The normalized spacial score (nSPS) is 26.1. The molecule has 0 amide bonds. The molecule has 0 radical (unpaired) electrons. The zero-order valence-corrected chi connectivity index (χ0v) is 11.1. The third-order valence-corrected chi connectivity index (χ3v) is 2.59. The third-order valence-electron chi connectivity index (χ3n) is 2.59. The Kier molecular flexibility index (Phi) is 4.36. The molecule has 0 bridgehead atoms. The van der Waals surface area contributed by atoms with Crippen molar-refractivity contribution < 1.29 is 14.3 Å². The Morgan fingerprint density at radius 2 is 1.88 bits per heavy atom. The molecule has 1 fully saturated rings. The first kappa shape index (κ1) is 13.5. The summed E-state index contributed by atoms with van der Waals surface area (Å²) in [6, 6.07) is 0. The van der Waals surface area contributed by atoms with Crippen LogP contribution in [0.25, 0.3) is 0 Å². The van der Waals surface area contributed by atoms with Gasteiger partial charge >= 0.3 is 5.97 Å². The Labute approximate surface area is 98.5 Å². The smallest absolute Gasteiger partial charge is 0.309 e. The molecule has 0 spiro atoms. The summed E-state index contributed by atoms with van der Waals surface area (Å²) < 4.78 is 11.1. The number of hydrogen-bond acceptors (Lipinski definition) is 3. The molecule has 0 aromatic carbocycles. The number of rotatable bonds is 3. The monoisotopic (exact) mass is 228 g/mol. The van der Waals surface area contributed by atoms with Gasteiger partial charge in [-0.3, -0.25) is 4.79 Å². The van der Waals surface area contributed by atoms with E-state index in [2.05, 4.69) is 0 Å². The lowest BCUT2D eigenvalue weighted by Crippen LogP contribution is -2.28. The summed E-state index contributed by atoms with van der Waals surface area (Å²) in [5, 5.41) is 0. The van der Waals surface area contributed by atoms with Crippen molar-refractivity contribution >= 4 is 5.97 Å². The Hall–Kier alpha value is -0.570. The molecule has 0 aliphatic heterocycles. The van der Waals surface area contributed by atoms with Crippen LogP contribution < -0.4 is 0 Å². The van der Waals surface area contributed by atoms with Crippen LogP contribution in [0, 0.1) is 5.92 Å². The van der Waals surface area contributed by atoms with E-state index in [0.717, 1.165) is 19.3 Å². The first-order chi connectivity index (χ1) is 7.28. The molecule has 1 aliphatic carbocycles. The van der Waals surface area contributed by atoms with Crippen molar-refractivity contribution in [2.24, 2.45) is 5.92 Å². The van der Waals surface area contributed by atoms with Gasteiger partial charge in [-0.2, -0.15) is 0 Å². The van der Waals surface area contributed by atoms with Crippen LogP contribution in [-0.2, 0) is 14.3 Å². The van der Waals surface area contributed by atoms with Crippen molar-refractivity contribution in [2.75, 3.05) is 0 Å². The van der Waals surface area contributed by atoms with Crippen LogP contribution in [0.3, 0.4) is 0 Å². The highest BCUT2D eigenvalue weighted by atomic mass is 16.6. The van der Waals surface area contributed by atoms with E-state index in [1.165, 1.54) is 0 Å². The van der Waals surface area contributed by atoms with Gasteiger partial charge in [-0.15, -0.1) is 0 Å². The fraction of sp³-hybridized carbons (Fsp3) is 0.923. The van der Waals surface area contributed by atoms with Crippen molar-refractivity contribution in [2.45, 2.75) is 71.7 Å². The minimum Gasteiger partial charge on any atom is -0.460 e. The zero-order valence-electron chi connectivity index (χ0n) is 11.1. The van der Waals surface area contributed by atoms with Crippen LogP contribution >= 0.6 is 0 Å². The minimum absolute atomic E-state index is 0.0305. The summed E-state index contributed by atoms with van der Waals surface area (Å²) >= 11 is 0. The van der Waals surface area contributed by atoms with Crippen LogP contribution in [0.15, 0.2) is 0 Å². The summed E-state index contributed by atoms with van der Waals surface area (Å²) in [6.07, 6.45) is 3.15. The number of ether oxygens (including phenoxy) is 2. The third kappa shape index (κ3) is 4.52. The van der Waals surface area contributed by atoms with Crippen molar-refractivity contribution in [1.29, 1.82) is 0 Å². The Morgan fingerprint density at radius 3 is 2.38 bits per heavy atom. The van der Waals surface area contributed by atoms with E-state index in [1.807, 2.05) is 34.6 Å². The molecular formula is C13H24O3. The number of esters is 1. The maximum absolute atomic E-state index is 11.8. The molecule has 0 aromatic heterocycles. The second-order valence-corrected chi connectivity index (χ2v) is 5.85. The average Bonchev–Trinajstić information content (AvgIpc) is 2.48. The van der Waals surface area contributed by atoms with Gasteiger partial charge in [0.1, 0.15) is 5.60 Å². The highest BCUT2D eigenvalue weighted by Crippen LogP contribution is 2.30. The molecule has 1 aliphatic rings. The van der Waals surface area contributed by atoms with E-state index in [0.29, 0.717) is 0 Å². The zero-order chi connectivity index (χ0) is 12.3. The Bertz CT molecular complexity index is 240. The van der Waals surface area contributed by atoms with Gasteiger partial charge < -0.3 is 9.47 Å². The molecule has 0 heterocycles. The summed E-state index contributed by atoms with van der Waals surface area (Å²) in [7, 11) is 0. The lowest BCUT2D eigenvalue weighted by atomic mass is 10.1. The highest BCUT2D eigenvalue weighted by molar-refractivity contribution is 5.73. The molecule has 2 unspecified atom stereocenters. The minimum atomic E-state index is -0.381. The summed E-state index contributed by atoms with van der Waals surface area (Å²) in [5.41, 5.74) is -0.381. The second-order valence-electron chi connectivity index (χ2n) is 5.85. The highest BCUT2D eigenvalue weighted by Gasteiger charge is 2.33. The summed E-state index contributed by atoms with van der Waals surface area (Å²) in [4.78, 5) is 11.8. The van der Waals surface area contributed by atoms with Gasteiger partial charge in [0.25, 0.3) is 0 Å². The molecule has 0 N–H and O–H groups in total. The number of carbonyl (C=O) groups excluding carboxylic acids is 1. The topological polar surface area (TPSA) is 35.5 Å².